The lowest BCUT2D eigenvalue weighted by Gasteiger charge is -2.17. The van der Waals surface area contributed by atoms with Gasteiger partial charge in [-0.2, -0.15) is 0 Å². The van der Waals surface area contributed by atoms with Crippen molar-refractivity contribution in [2.75, 3.05) is 32.1 Å². The molecule has 1 aromatic rings. The van der Waals surface area contributed by atoms with Crippen LogP contribution in [0.3, 0.4) is 0 Å². The number of aliphatic hydroxyl groups excluding tert-OH is 1. The maximum absolute atomic E-state index is 12.6. The summed E-state index contributed by atoms with van der Waals surface area (Å²) in [6, 6.07) is 1.85. The maximum atomic E-state index is 12.6. The number of β-amino-alcohol motifs (C(OH)–C–C–N with tert-alkyl or cyclic N) is 1. The van der Waals surface area contributed by atoms with Gasteiger partial charge in [-0.1, -0.05) is 15.9 Å². The molecule has 1 aromatic carbocycles. The predicted octanol–water partition coefficient (Wildman–Crippen LogP) is 2.96. The number of carbonyl (C=O) groups excluding carboxylic acids is 2. The first-order valence-electron chi connectivity index (χ1n) is 6.94. The fourth-order valence-electron chi connectivity index (χ4n) is 2.28. The zero-order valence-electron chi connectivity index (χ0n) is 13.0. The number of carbonyl (C=O) groups is 2. The number of hydrogen-bond donors (Lipinski definition) is 2. The van der Waals surface area contributed by atoms with Crippen molar-refractivity contribution in [3.05, 3.63) is 36.3 Å². The standard InChI is InChI=1S/C15H15Br3N2O4/c1-7-9(16)5-10(17)13(11(7)18)19-12-8(15(23)24-2)6-20(3-4-21)14(12)22/h5,19,21H,3-4,6H2,1-2H3. The number of halogens is 3. The molecule has 1 aliphatic heterocycles. The van der Waals surface area contributed by atoms with E-state index >= 15 is 0 Å². The van der Waals surface area contributed by atoms with E-state index in [0.29, 0.717) is 5.69 Å². The van der Waals surface area contributed by atoms with Crippen molar-refractivity contribution in [1.82, 2.24) is 4.90 Å². The Kier molecular flexibility index (Phi) is 6.46. The summed E-state index contributed by atoms with van der Waals surface area (Å²) in [5, 5.41) is 12.1. The average Bonchev–Trinajstić information content (AvgIpc) is 2.85. The molecule has 0 aliphatic carbocycles. The van der Waals surface area contributed by atoms with E-state index in [0.717, 1.165) is 19.0 Å². The van der Waals surface area contributed by atoms with E-state index in [9.17, 15) is 9.59 Å². The fourth-order valence-corrected chi connectivity index (χ4v) is 4.60. The number of methoxy groups -OCH3 is 1. The lowest BCUT2D eigenvalue weighted by atomic mass is 10.2. The Hall–Kier alpha value is -0.900. The van der Waals surface area contributed by atoms with Gasteiger partial charge < -0.3 is 20.1 Å². The Bertz CT molecular complexity index is 734. The van der Waals surface area contributed by atoms with Crippen molar-refractivity contribution < 1.29 is 19.4 Å². The molecule has 6 nitrogen and oxygen atoms in total. The van der Waals surface area contributed by atoms with Crippen molar-refractivity contribution in [2.45, 2.75) is 6.92 Å². The van der Waals surface area contributed by atoms with Crippen LogP contribution in [-0.4, -0.2) is 48.7 Å². The monoisotopic (exact) mass is 524 g/mol. The maximum Gasteiger partial charge on any atom is 0.337 e. The van der Waals surface area contributed by atoms with Crippen LogP contribution in [0.15, 0.2) is 30.8 Å². The molecule has 24 heavy (non-hydrogen) atoms. The number of aliphatic hydroxyl groups is 1. The SMILES string of the molecule is COC(=O)C1=C(Nc2c(Br)cc(Br)c(C)c2Br)C(=O)N(CCO)C1. The highest BCUT2D eigenvalue weighted by molar-refractivity contribution is 9.11. The molecule has 0 unspecified atom stereocenters. The van der Waals surface area contributed by atoms with Crippen molar-refractivity contribution in [1.29, 1.82) is 0 Å². The minimum atomic E-state index is -0.577. The van der Waals surface area contributed by atoms with Gasteiger partial charge in [-0.15, -0.1) is 0 Å². The average molecular weight is 527 g/mol. The quantitative estimate of drug-likeness (QED) is 0.577. The largest absolute Gasteiger partial charge is 0.466 e. The molecule has 0 saturated carbocycles. The molecule has 0 atom stereocenters. The zero-order valence-corrected chi connectivity index (χ0v) is 17.7. The molecule has 0 aromatic heterocycles. The summed E-state index contributed by atoms with van der Waals surface area (Å²) in [5.74, 6) is -0.934. The van der Waals surface area contributed by atoms with Crippen molar-refractivity contribution >= 4 is 65.4 Å². The molecule has 1 amide bonds. The van der Waals surface area contributed by atoms with Gasteiger partial charge in [0, 0.05) is 20.0 Å². The first-order chi connectivity index (χ1) is 11.3. The van der Waals surface area contributed by atoms with Crippen LogP contribution in [0.1, 0.15) is 5.56 Å². The molecule has 1 aliphatic rings. The predicted molar refractivity (Wildman–Crippen MR) is 101 cm³/mol. The second kappa shape index (κ2) is 7.99. The molecular weight excluding hydrogens is 512 g/mol. The van der Waals surface area contributed by atoms with Crippen molar-refractivity contribution in [2.24, 2.45) is 0 Å². The van der Waals surface area contributed by atoms with Gasteiger partial charge in [-0.25, -0.2) is 4.79 Å². The summed E-state index contributed by atoms with van der Waals surface area (Å²) >= 11 is 10.4. The molecular formula is C15H15Br3N2O4. The number of anilines is 1. The van der Waals surface area contributed by atoms with E-state index < -0.39 is 5.97 Å². The Labute approximate surface area is 164 Å². The number of nitrogens with one attached hydrogen (secondary N) is 1. The number of ether oxygens (including phenoxy) is 1. The van der Waals surface area contributed by atoms with Gasteiger partial charge in [0.25, 0.3) is 5.91 Å². The highest BCUT2D eigenvalue weighted by Crippen LogP contribution is 2.39. The van der Waals surface area contributed by atoms with Crippen LogP contribution < -0.4 is 5.32 Å². The third kappa shape index (κ3) is 3.68. The van der Waals surface area contributed by atoms with E-state index in [2.05, 4.69) is 53.1 Å². The number of rotatable bonds is 5. The van der Waals surface area contributed by atoms with E-state index in [1.807, 2.05) is 13.0 Å². The minimum Gasteiger partial charge on any atom is -0.466 e. The van der Waals surface area contributed by atoms with Crippen LogP contribution in [0, 0.1) is 6.92 Å². The molecule has 2 rings (SSSR count). The smallest absolute Gasteiger partial charge is 0.337 e. The lowest BCUT2D eigenvalue weighted by Crippen LogP contribution is -2.31. The Morgan fingerprint density at radius 3 is 2.62 bits per heavy atom. The summed E-state index contributed by atoms with van der Waals surface area (Å²) in [6.45, 7) is 1.97. The Balaban J connectivity index is 2.47. The van der Waals surface area contributed by atoms with E-state index in [1.165, 1.54) is 12.0 Å². The third-order valence-electron chi connectivity index (χ3n) is 3.60. The van der Waals surface area contributed by atoms with Crippen LogP contribution in [0.5, 0.6) is 0 Å². The van der Waals surface area contributed by atoms with Crippen molar-refractivity contribution in [3.63, 3.8) is 0 Å². The first kappa shape index (κ1) is 19.4. The van der Waals surface area contributed by atoms with Crippen LogP contribution in [0.25, 0.3) is 0 Å². The van der Waals surface area contributed by atoms with Crippen LogP contribution in [-0.2, 0) is 14.3 Å². The van der Waals surface area contributed by atoms with E-state index in [1.54, 1.807) is 0 Å². The number of esters is 1. The Morgan fingerprint density at radius 2 is 2.04 bits per heavy atom. The summed E-state index contributed by atoms with van der Waals surface area (Å²) in [7, 11) is 1.27. The van der Waals surface area contributed by atoms with E-state index in [-0.39, 0.29) is 36.9 Å². The number of benzene rings is 1. The van der Waals surface area contributed by atoms with Gasteiger partial charge >= 0.3 is 5.97 Å². The van der Waals surface area contributed by atoms with Gasteiger partial charge in [0.05, 0.1) is 31.5 Å². The van der Waals surface area contributed by atoms with Gasteiger partial charge in [-0.3, -0.25) is 4.79 Å². The van der Waals surface area contributed by atoms with E-state index in [4.69, 9.17) is 9.84 Å². The van der Waals surface area contributed by atoms with Gasteiger partial charge in [0.2, 0.25) is 0 Å². The fraction of sp³-hybridized carbons (Fsp3) is 0.333. The molecule has 0 fully saturated rings. The zero-order chi connectivity index (χ0) is 18.0. The summed E-state index contributed by atoms with van der Waals surface area (Å²) in [4.78, 5) is 26.0. The minimum absolute atomic E-state index is 0.0964. The highest BCUT2D eigenvalue weighted by atomic mass is 79.9. The summed E-state index contributed by atoms with van der Waals surface area (Å²) in [6.07, 6.45) is 0. The summed E-state index contributed by atoms with van der Waals surface area (Å²) in [5.41, 5.74) is 1.96. The second-order valence-electron chi connectivity index (χ2n) is 5.07. The van der Waals surface area contributed by atoms with Crippen LogP contribution in [0.4, 0.5) is 5.69 Å². The molecule has 0 radical (unpaired) electrons. The van der Waals surface area contributed by atoms with Gasteiger partial charge in [0.15, 0.2) is 0 Å². The normalized spacial score (nSPS) is 14.4. The topological polar surface area (TPSA) is 78.9 Å². The molecule has 0 spiro atoms. The lowest BCUT2D eigenvalue weighted by molar-refractivity contribution is -0.136. The first-order valence-corrected chi connectivity index (χ1v) is 9.32. The van der Waals surface area contributed by atoms with Crippen molar-refractivity contribution in [3.8, 4) is 0 Å². The third-order valence-corrected chi connectivity index (χ3v) is 6.04. The van der Waals surface area contributed by atoms with Gasteiger partial charge in [-0.05, 0) is 50.4 Å². The molecule has 1 heterocycles. The molecule has 9 heteroatoms. The van der Waals surface area contributed by atoms with Gasteiger partial charge in [0.1, 0.15) is 5.70 Å². The van der Waals surface area contributed by atoms with Crippen LogP contribution >= 0.6 is 47.8 Å². The molecule has 130 valence electrons. The second-order valence-corrected chi connectivity index (χ2v) is 7.58. The molecule has 0 bridgehead atoms. The number of nitrogens with zero attached hydrogens (tertiary/aromatic N) is 1. The highest BCUT2D eigenvalue weighted by Gasteiger charge is 2.35. The summed E-state index contributed by atoms with van der Waals surface area (Å²) < 4.78 is 7.15. The molecule has 0 saturated heterocycles. The number of amides is 1. The Morgan fingerprint density at radius 1 is 1.38 bits per heavy atom. The van der Waals surface area contributed by atoms with Crippen LogP contribution in [0.2, 0.25) is 0 Å². The number of hydrogen-bond acceptors (Lipinski definition) is 5. The molecule has 2 N–H and O–H groups in total.